The van der Waals surface area contributed by atoms with E-state index in [0.29, 0.717) is 0 Å². The maximum atomic E-state index is 10.9. The number of benzene rings is 2. The minimum Gasteiger partial charge on any atom is -0.258 e. The molecular weight excluding hydrogens is 238 g/mol. The second kappa shape index (κ2) is 4.35. The maximum Gasteiger partial charge on any atom is 0.270 e. The van der Waals surface area contributed by atoms with Crippen molar-refractivity contribution in [2.45, 2.75) is 13.3 Å². The fourth-order valence-corrected chi connectivity index (χ4v) is 2.46. The number of rotatable bonds is 2. The molecule has 0 heterocycles. The normalized spacial score (nSPS) is 12.5. The van der Waals surface area contributed by atoms with Crippen molar-refractivity contribution in [3.8, 4) is 11.1 Å². The zero-order valence-electron chi connectivity index (χ0n) is 10.6. The molecule has 1 aliphatic rings. The van der Waals surface area contributed by atoms with Gasteiger partial charge in [0.1, 0.15) is 0 Å². The molecule has 0 fully saturated rings. The second-order valence-corrected chi connectivity index (χ2v) is 4.78. The highest BCUT2D eigenvalue weighted by atomic mass is 16.6. The third kappa shape index (κ3) is 2.03. The molecule has 1 aliphatic carbocycles. The van der Waals surface area contributed by atoms with E-state index in [4.69, 9.17) is 0 Å². The zero-order chi connectivity index (χ0) is 13.4. The zero-order valence-corrected chi connectivity index (χ0v) is 10.6. The van der Waals surface area contributed by atoms with Crippen LogP contribution in [0.5, 0.6) is 0 Å². The quantitative estimate of drug-likeness (QED) is 0.594. The number of aryl methyl sites for hydroxylation is 1. The summed E-state index contributed by atoms with van der Waals surface area (Å²) in [5, 5.41) is 10.9. The predicted octanol–water partition coefficient (Wildman–Crippen LogP) is 4.14. The van der Waals surface area contributed by atoms with Crippen LogP contribution in [-0.2, 0) is 6.42 Å². The minimum atomic E-state index is -0.349. The number of nitro benzene ring substituents is 1. The number of non-ortho nitro benzene ring substituents is 1. The molecule has 0 spiro atoms. The average molecular weight is 251 g/mol. The SMILES string of the molecule is Cc1ccc([N+](=O)[O-])cc1-c1ccc2c(c1)CC=C2. The number of hydrogen-bond donors (Lipinski definition) is 0. The van der Waals surface area contributed by atoms with Crippen LogP contribution in [0.4, 0.5) is 5.69 Å². The molecule has 0 atom stereocenters. The molecule has 3 nitrogen and oxygen atoms in total. The van der Waals surface area contributed by atoms with Gasteiger partial charge in [-0.25, -0.2) is 0 Å². The topological polar surface area (TPSA) is 43.1 Å². The van der Waals surface area contributed by atoms with Gasteiger partial charge in [0.25, 0.3) is 5.69 Å². The molecule has 3 heteroatoms. The lowest BCUT2D eigenvalue weighted by atomic mass is 9.96. The van der Waals surface area contributed by atoms with E-state index in [-0.39, 0.29) is 10.6 Å². The Morgan fingerprint density at radius 2 is 2.00 bits per heavy atom. The first-order chi connectivity index (χ1) is 9.15. The Balaban J connectivity index is 2.11. The van der Waals surface area contributed by atoms with Gasteiger partial charge in [0.2, 0.25) is 0 Å². The Labute approximate surface area is 111 Å². The van der Waals surface area contributed by atoms with Crippen LogP contribution >= 0.6 is 0 Å². The molecule has 0 aliphatic heterocycles. The maximum absolute atomic E-state index is 10.9. The Bertz CT molecular complexity index is 702. The molecule has 0 bridgehead atoms. The van der Waals surface area contributed by atoms with Crippen molar-refractivity contribution >= 4 is 11.8 Å². The third-order valence-corrected chi connectivity index (χ3v) is 3.52. The smallest absolute Gasteiger partial charge is 0.258 e. The van der Waals surface area contributed by atoms with Gasteiger partial charge in [0.15, 0.2) is 0 Å². The number of fused-ring (bicyclic) bond motifs is 1. The summed E-state index contributed by atoms with van der Waals surface area (Å²) >= 11 is 0. The predicted molar refractivity (Wildman–Crippen MR) is 76.0 cm³/mol. The number of nitrogens with zero attached hydrogens (tertiary/aromatic N) is 1. The fourth-order valence-electron chi connectivity index (χ4n) is 2.46. The van der Waals surface area contributed by atoms with Gasteiger partial charge in [-0.1, -0.05) is 36.4 Å². The Kier molecular flexibility index (Phi) is 2.67. The summed E-state index contributed by atoms with van der Waals surface area (Å²) in [6.45, 7) is 1.98. The largest absolute Gasteiger partial charge is 0.270 e. The van der Waals surface area contributed by atoms with Gasteiger partial charge < -0.3 is 0 Å². The van der Waals surface area contributed by atoms with Gasteiger partial charge in [-0.3, -0.25) is 10.1 Å². The molecule has 0 saturated heterocycles. The summed E-state index contributed by atoms with van der Waals surface area (Å²) in [6, 6.07) is 11.2. The van der Waals surface area contributed by atoms with Crippen molar-refractivity contribution in [1.29, 1.82) is 0 Å². The molecule has 0 unspecified atom stereocenters. The van der Waals surface area contributed by atoms with Crippen molar-refractivity contribution < 1.29 is 4.92 Å². The second-order valence-electron chi connectivity index (χ2n) is 4.78. The lowest BCUT2D eigenvalue weighted by Gasteiger charge is -2.08. The summed E-state index contributed by atoms with van der Waals surface area (Å²) in [5.74, 6) is 0. The summed E-state index contributed by atoms with van der Waals surface area (Å²) < 4.78 is 0. The van der Waals surface area contributed by atoms with Crippen molar-refractivity contribution in [3.63, 3.8) is 0 Å². The Morgan fingerprint density at radius 3 is 2.79 bits per heavy atom. The molecule has 0 radical (unpaired) electrons. The summed E-state index contributed by atoms with van der Waals surface area (Å²) in [6.07, 6.45) is 5.19. The standard InChI is InChI=1S/C16H13NO2/c1-11-5-8-15(17(18)19)10-16(11)14-7-6-12-3-2-4-13(12)9-14/h2-3,5-10H,4H2,1H3. The van der Waals surface area contributed by atoms with E-state index in [0.717, 1.165) is 23.1 Å². The molecule has 0 aromatic heterocycles. The summed E-state index contributed by atoms with van der Waals surface area (Å²) in [5.41, 5.74) is 5.69. The molecule has 0 amide bonds. The number of nitro groups is 1. The van der Waals surface area contributed by atoms with Crippen LogP contribution in [0.2, 0.25) is 0 Å². The molecule has 94 valence electrons. The van der Waals surface area contributed by atoms with Crippen LogP contribution < -0.4 is 0 Å². The lowest BCUT2D eigenvalue weighted by Crippen LogP contribution is -1.91. The van der Waals surface area contributed by atoms with E-state index in [1.165, 1.54) is 11.1 Å². The number of allylic oxidation sites excluding steroid dienone is 1. The molecule has 3 rings (SSSR count). The highest BCUT2D eigenvalue weighted by Gasteiger charge is 2.12. The van der Waals surface area contributed by atoms with E-state index < -0.39 is 0 Å². The minimum absolute atomic E-state index is 0.138. The highest BCUT2D eigenvalue weighted by molar-refractivity contribution is 5.73. The highest BCUT2D eigenvalue weighted by Crippen LogP contribution is 2.31. The van der Waals surface area contributed by atoms with Gasteiger partial charge in [0.05, 0.1) is 4.92 Å². The van der Waals surface area contributed by atoms with Crippen molar-refractivity contribution in [1.82, 2.24) is 0 Å². The third-order valence-electron chi connectivity index (χ3n) is 3.52. The van der Waals surface area contributed by atoms with Gasteiger partial charge >= 0.3 is 0 Å². The molecule has 0 saturated carbocycles. The van der Waals surface area contributed by atoms with Crippen LogP contribution in [0.25, 0.3) is 17.2 Å². The number of hydrogen-bond acceptors (Lipinski definition) is 2. The summed E-state index contributed by atoms with van der Waals surface area (Å²) in [7, 11) is 0. The van der Waals surface area contributed by atoms with Gasteiger partial charge in [-0.05, 0) is 41.2 Å². The Morgan fingerprint density at radius 1 is 1.16 bits per heavy atom. The monoisotopic (exact) mass is 251 g/mol. The van der Waals surface area contributed by atoms with Crippen LogP contribution in [-0.4, -0.2) is 4.92 Å². The van der Waals surface area contributed by atoms with Crippen molar-refractivity contribution in [3.05, 3.63) is 69.3 Å². The first-order valence-electron chi connectivity index (χ1n) is 6.20. The van der Waals surface area contributed by atoms with Crippen molar-refractivity contribution in [2.24, 2.45) is 0 Å². The van der Waals surface area contributed by atoms with Gasteiger partial charge in [0, 0.05) is 12.1 Å². The molecule has 19 heavy (non-hydrogen) atoms. The average Bonchev–Trinajstić information content (AvgIpc) is 2.86. The van der Waals surface area contributed by atoms with Gasteiger partial charge in [-0.2, -0.15) is 0 Å². The molecule has 2 aromatic carbocycles. The van der Waals surface area contributed by atoms with Crippen molar-refractivity contribution in [2.75, 3.05) is 0 Å². The van der Waals surface area contributed by atoms with Crippen LogP contribution in [0.15, 0.2) is 42.5 Å². The van der Waals surface area contributed by atoms with Crippen LogP contribution in [0, 0.1) is 17.0 Å². The summed E-state index contributed by atoms with van der Waals surface area (Å²) in [4.78, 5) is 10.5. The molecular formula is C16H13NO2. The molecule has 2 aromatic rings. The van der Waals surface area contributed by atoms with E-state index in [1.54, 1.807) is 18.2 Å². The van der Waals surface area contributed by atoms with E-state index in [1.807, 2.05) is 13.0 Å². The first-order valence-corrected chi connectivity index (χ1v) is 6.20. The lowest BCUT2D eigenvalue weighted by molar-refractivity contribution is -0.384. The molecule has 0 N–H and O–H groups in total. The van der Waals surface area contributed by atoms with E-state index >= 15 is 0 Å². The van der Waals surface area contributed by atoms with E-state index in [9.17, 15) is 10.1 Å². The van der Waals surface area contributed by atoms with Crippen LogP contribution in [0.3, 0.4) is 0 Å². The van der Waals surface area contributed by atoms with E-state index in [2.05, 4.69) is 24.3 Å². The Hall–Kier alpha value is -2.42. The first kappa shape index (κ1) is 11.7. The fraction of sp³-hybridized carbons (Fsp3) is 0.125. The van der Waals surface area contributed by atoms with Crippen LogP contribution in [0.1, 0.15) is 16.7 Å². The van der Waals surface area contributed by atoms with Gasteiger partial charge in [-0.15, -0.1) is 0 Å².